The van der Waals surface area contributed by atoms with Gasteiger partial charge in [-0.3, -0.25) is 0 Å². The Bertz CT molecular complexity index is 382. The van der Waals surface area contributed by atoms with Gasteiger partial charge in [0.05, 0.1) is 0 Å². The number of hydrogen-bond acceptors (Lipinski definition) is 2. The van der Waals surface area contributed by atoms with Gasteiger partial charge >= 0.3 is 0 Å². The summed E-state index contributed by atoms with van der Waals surface area (Å²) >= 11 is 1.95. The molecule has 0 spiro atoms. The number of nitrogens with one attached hydrogen (secondary N) is 1. The highest BCUT2D eigenvalue weighted by Gasteiger charge is 2.30. The lowest BCUT2D eigenvalue weighted by atomic mass is 9.74. The van der Waals surface area contributed by atoms with Crippen molar-refractivity contribution in [2.24, 2.45) is 0 Å². The molecule has 0 radical (unpaired) electrons. The van der Waals surface area contributed by atoms with Gasteiger partial charge in [0.1, 0.15) is 0 Å². The van der Waals surface area contributed by atoms with Crippen LogP contribution >= 0.6 is 11.8 Å². The molecule has 1 nitrogen and oxygen atoms in total. The smallest absolute Gasteiger partial charge is 0.0111 e. The highest BCUT2D eigenvalue weighted by Crippen LogP contribution is 2.38. The van der Waals surface area contributed by atoms with Crippen LogP contribution in [0, 0.1) is 6.92 Å². The Hall–Kier alpha value is -0.730. The van der Waals surface area contributed by atoms with E-state index in [2.05, 4.69) is 43.1 Å². The number of aryl methyl sites for hydroxylation is 1. The number of hydrogen-bond donors (Lipinski definition) is 1. The van der Waals surface area contributed by atoms with Gasteiger partial charge in [-0.2, -0.15) is 11.8 Å². The van der Waals surface area contributed by atoms with Crippen molar-refractivity contribution in [2.45, 2.75) is 31.7 Å². The lowest BCUT2D eigenvalue weighted by Gasteiger charge is -2.37. The van der Waals surface area contributed by atoms with Crippen LogP contribution in [0.3, 0.4) is 0 Å². The molecular weight excluding hydrogens is 238 g/mol. The summed E-state index contributed by atoms with van der Waals surface area (Å²) in [6.07, 6.45) is 4.58. The third-order valence-electron chi connectivity index (χ3n) is 3.68. The number of rotatable bonds is 7. The number of benzene rings is 1. The van der Waals surface area contributed by atoms with Crippen molar-refractivity contribution in [2.75, 3.05) is 18.1 Å². The molecule has 0 heterocycles. The topological polar surface area (TPSA) is 12.0 Å². The van der Waals surface area contributed by atoms with Crippen LogP contribution in [0.4, 0.5) is 0 Å². The third-order valence-corrected chi connectivity index (χ3v) is 4.65. The van der Waals surface area contributed by atoms with Crippen molar-refractivity contribution in [1.29, 1.82) is 0 Å². The van der Waals surface area contributed by atoms with Crippen molar-refractivity contribution in [3.8, 4) is 0 Å². The van der Waals surface area contributed by atoms with Gasteiger partial charge in [-0.25, -0.2) is 0 Å². The van der Waals surface area contributed by atoms with Crippen molar-refractivity contribution in [3.63, 3.8) is 0 Å². The van der Waals surface area contributed by atoms with Gasteiger partial charge in [0.25, 0.3) is 0 Å². The van der Waals surface area contributed by atoms with Crippen molar-refractivity contribution in [1.82, 2.24) is 5.32 Å². The molecule has 1 saturated carbocycles. The molecule has 1 aliphatic rings. The summed E-state index contributed by atoms with van der Waals surface area (Å²) in [5.74, 6) is 3.04. The molecule has 0 unspecified atom stereocenters. The van der Waals surface area contributed by atoms with E-state index in [1.54, 1.807) is 5.56 Å². The predicted octanol–water partition coefficient (Wildman–Crippen LogP) is 3.75. The second-order valence-corrected chi connectivity index (χ2v) is 6.19. The Morgan fingerprint density at radius 1 is 1.39 bits per heavy atom. The molecule has 1 N–H and O–H groups in total. The molecule has 18 heavy (non-hydrogen) atoms. The monoisotopic (exact) mass is 261 g/mol. The fourth-order valence-electron chi connectivity index (χ4n) is 2.59. The Kier molecular flexibility index (Phi) is 5.33. The molecule has 0 atom stereocenters. The van der Waals surface area contributed by atoms with Crippen molar-refractivity contribution in [3.05, 3.63) is 48.0 Å². The second-order valence-electron chi connectivity index (χ2n) is 5.04. The molecule has 0 bridgehead atoms. The zero-order valence-corrected chi connectivity index (χ0v) is 12.0. The minimum atomic E-state index is 0.735. The molecule has 1 aromatic carbocycles. The maximum Gasteiger partial charge on any atom is 0.0111 e. The van der Waals surface area contributed by atoms with Crippen LogP contribution in [0.1, 0.15) is 29.9 Å². The first kappa shape index (κ1) is 13.7. The summed E-state index contributed by atoms with van der Waals surface area (Å²) in [4.78, 5) is 0. The van der Waals surface area contributed by atoms with Gasteiger partial charge in [-0.05, 0) is 36.8 Å². The molecule has 1 fully saturated rings. The van der Waals surface area contributed by atoms with E-state index in [-0.39, 0.29) is 0 Å². The van der Waals surface area contributed by atoms with E-state index in [0.717, 1.165) is 24.3 Å². The van der Waals surface area contributed by atoms with Gasteiger partial charge in [0.15, 0.2) is 0 Å². The fraction of sp³-hybridized carbons (Fsp3) is 0.500. The van der Waals surface area contributed by atoms with Gasteiger partial charge in [0, 0.05) is 24.1 Å². The van der Waals surface area contributed by atoms with Gasteiger partial charge < -0.3 is 5.32 Å². The molecule has 0 saturated heterocycles. The first-order chi connectivity index (χ1) is 8.81. The van der Waals surface area contributed by atoms with Crippen molar-refractivity contribution >= 4 is 11.8 Å². The van der Waals surface area contributed by atoms with Crippen LogP contribution < -0.4 is 5.32 Å². The Morgan fingerprint density at radius 2 is 2.17 bits per heavy atom. The van der Waals surface area contributed by atoms with E-state index < -0.39 is 0 Å². The first-order valence-electron chi connectivity index (χ1n) is 6.79. The zero-order chi connectivity index (χ0) is 12.8. The quantitative estimate of drug-likeness (QED) is 0.592. The molecule has 2 rings (SSSR count). The SMILES string of the molecule is C=CCSCCNC1CC(c2ccccc2C)C1. The van der Waals surface area contributed by atoms with E-state index in [9.17, 15) is 0 Å². The van der Waals surface area contributed by atoms with Crippen LogP contribution in [0.5, 0.6) is 0 Å². The lowest BCUT2D eigenvalue weighted by Crippen LogP contribution is -2.41. The summed E-state index contributed by atoms with van der Waals surface area (Å²) in [6.45, 7) is 7.08. The maximum atomic E-state index is 3.73. The fourth-order valence-corrected chi connectivity index (χ4v) is 3.18. The highest BCUT2D eigenvalue weighted by atomic mass is 32.2. The molecule has 0 aromatic heterocycles. The molecule has 1 aliphatic carbocycles. The second kappa shape index (κ2) is 7.01. The summed E-state index contributed by atoms with van der Waals surface area (Å²) in [5.41, 5.74) is 3.00. The van der Waals surface area contributed by atoms with Gasteiger partial charge in [-0.1, -0.05) is 30.3 Å². The van der Waals surface area contributed by atoms with Crippen molar-refractivity contribution < 1.29 is 0 Å². The maximum absolute atomic E-state index is 3.73. The highest BCUT2D eigenvalue weighted by molar-refractivity contribution is 7.99. The molecular formula is C16H23NS. The summed E-state index contributed by atoms with van der Waals surface area (Å²) in [7, 11) is 0. The zero-order valence-electron chi connectivity index (χ0n) is 11.2. The standard InChI is InChI=1S/C16H23NS/c1-3-9-18-10-8-17-15-11-14(12-15)16-7-5-4-6-13(16)2/h3-7,14-15,17H,1,8-12H2,2H3. The van der Waals surface area contributed by atoms with Crippen LogP contribution in [-0.2, 0) is 0 Å². The van der Waals surface area contributed by atoms with Crippen LogP contribution in [0.15, 0.2) is 36.9 Å². The molecule has 0 aliphatic heterocycles. The average molecular weight is 261 g/mol. The van der Waals surface area contributed by atoms with E-state index >= 15 is 0 Å². The third kappa shape index (κ3) is 3.63. The van der Waals surface area contributed by atoms with Crippen LogP contribution in [0.25, 0.3) is 0 Å². The minimum Gasteiger partial charge on any atom is -0.313 e. The molecule has 98 valence electrons. The average Bonchev–Trinajstić information content (AvgIpc) is 2.33. The number of thioether (sulfide) groups is 1. The van der Waals surface area contributed by atoms with E-state index in [1.807, 2.05) is 17.8 Å². The Balaban J connectivity index is 1.65. The first-order valence-corrected chi connectivity index (χ1v) is 7.94. The lowest BCUT2D eigenvalue weighted by molar-refractivity contribution is 0.296. The molecule has 1 aromatic rings. The van der Waals surface area contributed by atoms with E-state index in [0.29, 0.717) is 0 Å². The largest absolute Gasteiger partial charge is 0.313 e. The van der Waals surface area contributed by atoms with E-state index in [1.165, 1.54) is 24.2 Å². The van der Waals surface area contributed by atoms with Crippen LogP contribution in [-0.4, -0.2) is 24.1 Å². The predicted molar refractivity (Wildman–Crippen MR) is 82.5 cm³/mol. The van der Waals surface area contributed by atoms with E-state index in [4.69, 9.17) is 0 Å². The minimum absolute atomic E-state index is 0.735. The Labute approximate surface area is 115 Å². The van der Waals surface area contributed by atoms with Gasteiger partial charge in [0.2, 0.25) is 0 Å². The summed E-state index contributed by atoms with van der Waals surface area (Å²) < 4.78 is 0. The summed E-state index contributed by atoms with van der Waals surface area (Å²) in [6, 6.07) is 9.54. The van der Waals surface area contributed by atoms with Gasteiger partial charge in [-0.15, -0.1) is 6.58 Å². The molecule has 2 heteroatoms. The normalized spacial score (nSPS) is 22.5. The summed E-state index contributed by atoms with van der Waals surface area (Å²) in [5, 5.41) is 3.64. The Morgan fingerprint density at radius 3 is 2.89 bits per heavy atom. The van der Waals surface area contributed by atoms with Crippen LogP contribution in [0.2, 0.25) is 0 Å². The molecule has 0 amide bonds.